The standard InChI is InChI=1S/C15H17N5O3S2/c1-8-12(25-19-18-8)14(22)20-5-4-9-11(7-20)24-15(16-9)17-13(21)10-3-2-6-23-10/h10H,2-7H2,1H3,(H,16,17,21). The molecule has 2 aromatic heterocycles. The van der Waals surface area contributed by atoms with E-state index < -0.39 is 0 Å². The monoisotopic (exact) mass is 379 g/mol. The van der Waals surface area contributed by atoms with Crippen molar-refractivity contribution in [1.82, 2.24) is 19.5 Å². The van der Waals surface area contributed by atoms with Crippen molar-refractivity contribution in [1.29, 1.82) is 0 Å². The average Bonchev–Trinajstić information content (AvgIpc) is 3.33. The number of hydrogen-bond donors (Lipinski definition) is 1. The van der Waals surface area contributed by atoms with Crippen LogP contribution in [0.1, 0.15) is 38.8 Å². The first kappa shape index (κ1) is 16.6. The number of nitrogens with one attached hydrogen (secondary N) is 1. The van der Waals surface area contributed by atoms with E-state index in [4.69, 9.17) is 4.74 Å². The Morgan fingerprint density at radius 1 is 1.40 bits per heavy atom. The first-order valence-corrected chi connectivity index (χ1v) is 9.70. The van der Waals surface area contributed by atoms with Gasteiger partial charge in [0, 0.05) is 24.4 Å². The molecular weight excluding hydrogens is 362 g/mol. The number of fused-ring (bicyclic) bond motifs is 1. The van der Waals surface area contributed by atoms with Crippen LogP contribution in [0.5, 0.6) is 0 Å². The van der Waals surface area contributed by atoms with Gasteiger partial charge in [-0.05, 0) is 31.3 Å². The summed E-state index contributed by atoms with van der Waals surface area (Å²) in [5.74, 6) is -0.181. The molecule has 10 heteroatoms. The van der Waals surface area contributed by atoms with Crippen LogP contribution in [0.4, 0.5) is 5.13 Å². The summed E-state index contributed by atoms with van der Waals surface area (Å²) in [6.07, 6.45) is 1.97. The van der Waals surface area contributed by atoms with Gasteiger partial charge in [-0.1, -0.05) is 15.8 Å². The van der Waals surface area contributed by atoms with E-state index in [1.54, 1.807) is 11.8 Å². The molecule has 8 nitrogen and oxygen atoms in total. The molecule has 2 aromatic rings. The molecule has 2 amide bonds. The van der Waals surface area contributed by atoms with E-state index in [0.29, 0.717) is 41.8 Å². The van der Waals surface area contributed by atoms with Crippen LogP contribution in [0.2, 0.25) is 0 Å². The summed E-state index contributed by atoms with van der Waals surface area (Å²) in [7, 11) is 0. The van der Waals surface area contributed by atoms with Crippen molar-refractivity contribution in [2.45, 2.75) is 38.8 Å². The van der Waals surface area contributed by atoms with Gasteiger partial charge in [0.1, 0.15) is 11.0 Å². The minimum absolute atomic E-state index is 0.0449. The van der Waals surface area contributed by atoms with Crippen LogP contribution in [0.3, 0.4) is 0 Å². The first-order chi connectivity index (χ1) is 12.1. The Hall–Kier alpha value is -1.91. The molecule has 0 radical (unpaired) electrons. The third kappa shape index (κ3) is 3.29. The number of carbonyl (C=O) groups excluding carboxylic acids is 2. The number of anilines is 1. The fourth-order valence-corrected chi connectivity index (χ4v) is 4.62. The Balaban J connectivity index is 1.45. The summed E-state index contributed by atoms with van der Waals surface area (Å²) >= 11 is 2.55. The second-order valence-corrected chi connectivity index (χ2v) is 7.88. The van der Waals surface area contributed by atoms with Crippen molar-refractivity contribution in [3.8, 4) is 0 Å². The van der Waals surface area contributed by atoms with Crippen molar-refractivity contribution in [3.05, 3.63) is 21.1 Å². The van der Waals surface area contributed by atoms with Crippen LogP contribution in [0.15, 0.2) is 0 Å². The van der Waals surface area contributed by atoms with E-state index in [9.17, 15) is 9.59 Å². The van der Waals surface area contributed by atoms with Gasteiger partial charge in [-0.2, -0.15) is 0 Å². The summed E-state index contributed by atoms with van der Waals surface area (Å²) < 4.78 is 9.22. The summed E-state index contributed by atoms with van der Waals surface area (Å²) in [5, 5.41) is 7.33. The molecule has 1 saturated heterocycles. The fourth-order valence-electron chi connectivity index (χ4n) is 2.96. The van der Waals surface area contributed by atoms with E-state index in [0.717, 1.165) is 34.9 Å². The second-order valence-electron chi connectivity index (χ2n) is 6.04. The number of thiazole rings is 1. The van der Waals surface area contributed by atoms with E-state index in [1.165, 1.54) is 11.3 Å². The predicted octanol–water partition coefficient (Wildman–Crippen LogP) is 1.62. The minimum atomic E-state index is -0.374. The van der Waals surface area contributed by atoms with Crippen molar-refractivity contribution < 1.29 is 14.3 Å². The third-order valence-electron chi connectivity index (χ3n) is 4.32. The van der Waals surface area contributed by atoms with Crippen LogP contribution in [-0.4, -0.2) is 50.5 Å². The quantitative estimate of drug-likeness (QED) is 0.870. The molecule has 4 rings (SSSR count). The molecule has 4 heterocycles. The number of nitrogens with zero attached hydrogens (tertiary/aromatic N) is 4. The molecule has 0 aliphatic carbocycles. The number of amides is 2. The maximum Gasteiger partial charge on any atom is 0.267 e. The number of ether oxygens (including phenoxy) is 1. The highest BCUT2D eigenvalue weighted by atomic mass is 32.1. The van der Waals surface area contributed by atoms with Crippen LogP contribution in [0.25, 0.3) is 0 Å². The van der Waals surface area contributed by atoms with Gasteiger partial charge in [-0.25, -0.2) is 4.98 Å². The van der Waals surface area contributed by atoms with E-state index in [1.807, 2.05) is 0 Å². The number of rotatable bonds is 3. The van der Waals surface area contributed by atoms with Crippen LogP contribution in [0, 0.1) is 6.92 Å². The Kier molecular flexibility index (Phi) is 4.48. The highest BCUT2D eigenvalue weighted by molar-refractivity contribution is 7.15. The maximum atomic E-state index is 12.6. The number of carbonyl (C=O) groups is 2. The van der Waals surface area contributed by atoms with Gasteiger partial charge < -0.3 is 9.64 Å². The molecular formula is C15H17N5O3S2. The van der Waals surface area contributed by atoms with E-state index in [-0.39, 0.29) is 17.9 Å². The molecule has 25 heavy (non-hydrogen) atoms. The first-order valence-electron chi connectivity index (χ1n) is 8.11. The van der Waals surface area contributed by atoms with Crippen LogP contribution in [-0.2, 0) is 22.5 Å². The normalized spacial score (nSPS) is 19.7. The average molecular weight is 379 g/mol. The van der Waals surface area contributed by atoms with Crippen molar-refractivity contribution in [3.63, 3.8) is 0 Å². The number of hydrogen-bond acceptors (Lipinski definition) is 8. The lowest BCUT2D eigenvalue weighted by molar-refractivity contribution is -0.124. The highest BCUT2D eigenvalue weighted by Gasteiger charge is 2.29. The van der Waals surface area contributed by atoms with Gasteiger partial charge in [-0.3, -0.25) is 14.9 Å². The van der Waals surface area contributed by atoms with Gasteiger partial charge >= 0.3 is 0 Å². The molecule has 1 N–H and O–H groups in total. The Bertz CT molecular complexity index is 812. The third-order valence-corrected chi connectivity index (χ3v) is 6.13. The van der Waals surface area contributed by atoms with Crippen molar-refractivity contribution >= 4 is 39.8 Å². The minimum Gasteiger partial charge on any atom is -0.368 e. The maximum absolute atomic E-state index is 12.6. The van der Waals surface area contributed by atoms with Crippen molar-refractivity contribution in [2.75, 3.05) is 18.5 Å². The van der Waals surface area contributed by atoms with Gasteiger partial charge in [0.2, 0.25) is 0 Å². The van der Waals surface area contributed by atoms with E-state index >= 15 is 0 Å². The zero-order valence-electron chi connectivity index (χ0n) is 13.7. The molecule has 0 aromatic carbocycles. The van der Waals surface area contributed by atoms with Crippen molar-refractivity contribution in [2.24, 2.45) is 0 Å². The molecule has 1 unspecified atom stereocenters. The summed E-state index contributed by atoms with van der Waals surface area (Å²) in [6, 6.07) is 0. The van der Waals surface area contributed by atoms with Gasteiger partial charge in [-0.15, -0.1) is 5.10 Å². The summed E-state index contributed by atoms with van der Waals surface area (Å²) in [5.41, 5.74) is 1.62. The predicted molar refractivity (Wildman–Crippen MR) is 92.8 cm³/mol. The smallest absolute Gasteiger partial charge is 0.267 e. The molecule has 0 saturated carbocycles. The largest absolute Gasteiger partial charge is 0.368 e. The topological polar surface area (TPSA) is 97.3 Å². The van der Waals surface area contributed by atoms with E-state index in [2.05, 4.69) is 19.9 Å². The van der Waals surface area contributed by atoms with Gasteiger partial charge in [0.25, 0.3) is 11.8 Å². The lowest BCUT2D eigenvalue weighted by atomic mass is 10.1. The Morgan fingerprint density at radius 2 is 2.28 bits per heavy atom. The second kappa shape index (κ2) is 6.77. The number of aryl methyl sites for hydroxylation is 1. The van der Waals surface area contributed by atoms with Gasteiger partial charge in [0.15, 0.2) is 5.13 Å². The van der Waals surface area contributed by atoms with Crippen LogP contribution < -0.4 is 5.32 Å². The molecule has 132 valence electrons. The zero-order chi connectivity index (χ0) is 17.4. The fraction of sp³-hybridized carbons (Fsp3) is 0.533. The molecule has 0 bridgehead atoms. The highest BCUT2D eigenvalue weighted by Crippen LogP contribution is 2.30. The molecule has 0 spiro atoms. The summed E-state index contributed by atoms with van der Waals surface area (Å²) in [4.78, 5) is 32.6. The Morgan fingerprint density at radius 3 is 3.00 bits per heavy atom. The Labute approximate surface area is 152 Å². The molecule has 1 atom stereocenters. The van der Waals surface area contributed by atoms with Crippen LogP contribution >= 0.6 is 22.9 Å². The molecule has 2 aliphatic rings. The SMILES string of the molecule is Cc1nnsc1C(=O)N1CCc2nc(NC(=O)C3CCCO3)sc2C1. The van der Waals surface area contributed by atoms with Gasteiger partial charge in [0.05, 0.1) is 17.9 Å². The summed E-state index contributed by atoms with van der Waals surface area (Å²) in [6.45, 7) is 3.53. The molecule has 1 fully saturated rings. The lowest BCUT2D eigenvalue weighted by Gasteiger charge is -2.25. The zero-order valence-corrected chi connectivity index (χ0v) is 15.3. The lowest BCUT2D eigenvalue weighted by Crippen LogP contribution is -2.35. The number of aromatic nitrogens is 3. The molecule has 2 aliphatic heterocycles.